The maximum Gasteiger partial charge on any atom is 0.573 e. The molecule has 2 amide bonds. The van der Waals surface area contributed by atoms with Crippen molar-refractivity contribution < 1.29 is 27.1 Å². The molecule has 0 unspecified atom stereocenters. The number of para-hydroxylation sites is 1. The summed E-state index contributed by atoms with van der Waals surface area (Å²) < 4.78 is 59.2. The molecule has 5 rings (SSSR count). The lowest BCUT2D eigenvalue weighted by molar-refractivity contribution is -0.274. The number of benzene rings is 3. The third-order valence-electron chi connectivity index (χ3n) is 6.31. The van der Waals surface area contributed by atoms with Crippen molar-refractivity contribution in [3.63, 3.8) is 0 Å². The van der Waals surface area contributed by atoms with Gasteiger partial charge in [-0.3, -0.25) is 4.57 Å². The van der Waals surface area contributed by atoms with E-state index >= 15 is 0 Å². The minimum Gasteiger partial charge on any atom is -0.406 e. The Morgan fingerprint density at radius 2 is 1.67 bits per heavy atom. The van der Waals surface area contributed by atoms with Crippen LogP contribution in [0.5, 0.6) is 5.75 Å². The first-order valence-corrected chi connectivity index (χ1v) is 13.7. The Labute approximate surface area is 247 Å². The molecule has 0 bridgehead atoms. The van der Waals surface area contributed by atoms with Gasteiger partial charge >= 0.3 is 12.4 Å². The van der Waals surface area contributed by atoms with E-state index in [1.54, 1.807) is 12.1 Å². The molecular formula is C30H24F4N6O2S. The van der Waals surface area contributed by atoms with Crippen LogP contribution in [0.2, 0.25) is 0 Å². The van der Waals surface area contributed by atoms with Crippen molar-refractivity contribution in [1.82, 2.24) is 24.6 Å². The Bertz CT molecular complexity index is 1850. The van der Waals surface area contributed by atoms with Crippen LogP contribution in [0.15, 0.2) is 89.6 Å². The number of nitrogens with zero attached hydrogens (tertiary/aromatic N) is 5. The van der Waals surface area contributed by atoms with Gasteiger partial charge in [0.15, 0.2) is 10.6 Å². The lowest BCUT2D eigenvalue weighted by Crippen LogP contribution is -2.22. The molecule has 0 spiro atoms. The summed E-state index contributed by atoms with van der Waals surface area (Å²) in [6.45, 7) is 5.90. The Balaban J connectivity index is 1.27. The van der Waals surface area contributed by atoms with Gasteiger partial charge in [0.25, 0.3) is 0 Å². The van der Waals surface area contributed by atoms with Gasteiger partial charge in [0.05, 0.1) is 11.4 Å². The molecule has 0 aliphatic carbocycles. The number of halogens is 4. The number of ether oxygens (including phenoxy) is 1. The number of amides is 2. The number of aryl methyl sites for hydroxylation is 3. The maximum atomic E-state index is 14.9. The first kappa shape index (κ1) is 29.5. The van der Waals surface area contributed by atoms with Crippen molar-refractivity contribution in [2.75, 3.05) is 0 Å². The third-order valence-corrected chi connectivity index (χ3v) is 7.25. The summed E-state index contributed by atoms with van der Waals surface area (Å²) in [5.41, 5.74) is 5.20. The lowest BCUT2D eigenvalue weighted by Gasteiger charge is -2.12. The van der Waals surface area contributed by atoms with Gasteiger partial charge in [-0.2, -0.15) is 4.99 Å². The van der Waals surface area contributed by atoms with E-state index in [-0.39, 0.29) is 11.3 Å². The molecule has 0 radical (unpaired) electrons. The third kappa shape index (κ3) is 6.89. The van der Waals surface area contributed by atoms with E-state index in [4.69, 9.17) is 0 Å². The number of aromatic nitrogens is 4. The van der Waals surface area contributed by atoms with Crippen LogP contribution in [0.3, 0.4) is 0 Å². The van der Waals surface area contributed by atoms with Crippen LogP contribution in [0, 0.1) is 20.8 Å². The van der Waals surface area contributed by atoms with E-state index in [2.05, 4.69) is 25.1 Å². The molecule has 0 aliphatic heterocycles. The fraction of sp³-hybridized carbons (Fsp3) is 0.133. The van der Waals surface area contributed by atoms with Gasteiger partial charge in [-0.25, -0.2) is 18.9 Å². The molecule has 43 heavy (non-hydrogen) atoms. The number of nitrogens with one attached hydrogen (secondary N) is 1. The number of hydrogen-bond donors (Lipinski definition) is 1. The summed E-state index contributed by atoms with van der Waals surface area (Å²) in [5.74, 6) is -0.712. The highest BCUT2D eigenvalue weighted by Gasteiger charge is 2.31. The summed E-state index contributed by atoms with van der Waals surface area (Å²) in [6.07, 6.45) is -2.43. The Hall–Kier alpha value is -5.04. The molecule has 0 atom stereocenters. The van der Waals surface area contributed by atoms with Crippen LogP contribution >= 0.6 is 11.3 Å². The zero-order valence-corrected chi connectivity index (χ0v) is 23.9. The molecule has 2 heterocycles. The standard InChI is InChI=1S/C30H24F4N6O2S/c1-18-5-4-6-19(2)26(18)40-20(3)16-43-29(40)37-28(41)35-15-25(31)21-7-9-22(10-8-21)27-36-17-39(38-27)23-11-13-24(14-12-23)42-30(32,33)34/h4-17H,1-3H3,(H,35,41)/b25-15-,37-29?. The molecular weight excluding hydrogens is 584 g/mol. The Kier molecular flexibility index (Phi) is 8.26. The molecule has 0 saturated heterocycles. The predicted molar refractivity (Wildman–Crippen MR) is 155 cm³/mol. The van der Waals surface area contributed by atoms with Crippen molar-refractivity contribution in [2.45, 2.75) is 27.1 Å². The fourth-order valence-corrected chi connectivity index (χ4v) is 5.19. The number of alkyl halides is 3. The second-order valence-electron chi connectivity index (χ2n) is 9.42. The number of carbonyl (C=O) groups excluding carboxylic acids is 1. The number of carbonyl (C=O) groups is 1. The van der Waals surface area contributed by atoms with Gasteiger partial charge in [0.2, 0.25) is 0 Å². The summed E-state index contributed by atoms with van der Waals surface area (Å²) in [6, 6.07) is 16.6. The van der Waals surface area contributed by atoms with Crippen molar-refractivity contribution >= 4 is 23.2 Å². The van der Waals surface area contributed by atoms with E-state index in [0.717, 1.165) is 28.7 Å². The number of urea groups is 1. The summed E-state index contributed by atoms with van der Waals surface area (Å²) in [5, 5.41) is 8.62. The monoisotopic (exact) mass is 608 g/mol. The maximum absolute atomic E-state index is 14.9. The Morgan fingerprint density at radius 1 is 1.00 bits per heavy atom. The second-order valence-corrected chi connectivity index (χ2v) is 10.3. The molecule has 8 nitrogen and oxygen atoms in total. The van der Waals surface area contributed by atoms with Gasteiger partial charge in [-0.05, 0) is 56.2 Å². The first-order valence-electron chi connectivity index (χ1n) is 12.8. The van der Waals surface area contributed by atoms with Crippen molar-refractivity contribution in [3.05, 3.63) is 112 Å². The average Bonchev–Trinajstić information content (AvgIpc) is 3.59. The Morgan fingerprint density at radius 3 is 2.33 bits per heavy atom. The molecule has 2 aromatic heterocycles. The van der Waals surface area contributed by atoms with Crippen LogP contribution in [0.25, 0.3) is 28.6 Å². The highest BCUT2D eigenvalue weighted by Crippen LogP contribution is 2.25. The van der Waals surface area contributed by atoms with Crippen LogP contribution in [-0.2, 0) is 0 Å². The zero-order valence-electron chi connectivity index (χ0n) is 23.1. The molecule has 5 aromatic rings. The summed E-state index contributed by atoms with van der Waals surface area (Å²) in [4.78, 5) is 21.4. The summed E-state index contributed by atoms with van der Waals surface area (Å²) in [7, 11) is 0. The summed E-state index contributed by atoms with van der Waals surface area (Å²) >= 11 is 1.31. The highest BCUT2D eigenvalue weighted by atomic mass is 32.1. The molecule has 0 saturated carbocycles. The molecule has 0 aliphatic rings. The number of hydrogen-bond acceptors (Lipinski definition) is 5. The van der Waals surface area contributed by atoms with Crippen molar-refractivity contribution in [2.24, 2.45) is 4.99 Å². The van der Waals surface area contributed by atoms with E-state index in [1.165, 1.54) is 58.7 Å². The van der Waals surface area contributed by atoms with E-state index in [0.29, 0.717) is 21.9 Å². The zero-order chi connectivity index (χ0) is 30.7. The van der Waals surface area contributed by atoms with Gasteiger partial charge in [-0.15, -0.1) is 29.6 Å². The normalized spacial score (nSPS) is 12.4. The van der Waals surface area contributed by atoms with Crippen molar-refractivity contribution in [1.29, 1.82) is 0 Å². The van der Waals surface area contributed by atoms with Crippen LogP contribution in [-0.4, -0.2) is 31.7 Å². The number of rotatable bonds is 6. The largest absolute Gasteiger partial charge is 0.573 e. The van der Waals surface area contributed by atoms with Gasteiger partial charge in [0, 0.05) is 28.4 Å². The van der Waals surface area contributed by atoms with Gasteiger partial charge in [-0.1, -0.05) is 42.5 Å². The second kappa shape index (κ2) is 12.1. The van der Waals surface area contributed by atoms with Crippen molar-refractivity contribution in [3.8, 4) is 28.5 Å². The first-order chi connectivity index (χ1) is 20.5. The fourth-order valence-electron chi connectivity index (χ4n) is 4.33. The molecule has 220 valence electrons. The smallest absolute Gasteiger partial charge is 0.406 e. The molecule has 13 heteroatoms. The molecule has 0 fully saturated rings. The SMILES string of the molecule is Cc1cccc(C)c1-n1c(C)csc1=NC(=O)N/C=C(\F)c1ccc(-c2ncn(-c3ccc(OC(F)(F)F)cc3)n2)cc1. The van der Waals surface area contributed by atoms with E-state index < -0.39 is 18.2 Å². The van der Waals surface area contributed by atoms with Crippen LogP contribution < -0.4 is 14.9 Å². The lowest BCUT2D eigenvalue weighted by atomic mass is 10.1. The minimum absolute atomic E-state index is 0.210. The quantitative estimate of drug-likeness (QED) is 0.207. The predicted octanol–water partition coefficient (Wildman–Crippen LogP) is 7.19. The van der Waals surface area contributed by atoms with Gasteiger partial charge in [0.1, 0.15) is 17.9 Å². The van der Waals surface area contributed by atoms with Crippen LogP contribution in [0.4, 0.5) is 22.4 Å². The van der Waals surface area contributed by atoms with Gasteiger partial charge < -0.3 is 10.1 Å². The van der Waals surface area contributed by atoms with Crippen LogP contribution in [0.1, 0.15) is 22.4 Å². The van der Waals surface area contributed by atoms with E-state index in [1.807, 2.05) is 48.9 Å². The average molecular weight is 609 g/mol. The van der Waals surface area contributed by atoms with E-state index in [9.17, 15) is 22.4 Å². The topological polar surface area (TPSA) is 86.3 Å². The molecule has 1 N–H and O–H groups in total. The number of thiazole rings is 1. The highest BCUT2D eigenvalue weighted by molar-refractivity contribution is 7.07. The molecule has 3 aromatic carbocycles. The minimum atomic E-state index is -4.78.